The molecule has 6 nitrogen and oxygen atoms in total. The topological polar surface area (TPSA) is 94.9 Å². The number of amides is 1. The van der Waals surface area contributed by atoms with Gasteiger partial charge in [0.25, 0.3) is 5.91 Å². The van der Waals surface area contributed by atoms with Gasteiger partial charge in [0.2, 0.25) is 5.89 Å². The first-order valence-electron chi connectivity index (χ1n) is 8.24. The van der Waals surface area contributed by atoms with Gasteiger partial charge in [-0.15, -0.1) is 0 Å². The van der Waals surface area contributed by atoms with E-state index < -0.39 is 11.3 Å². The van der Waals surface area contributed by atoms with Crippen molar-refractivity contribution in [2.75, 3.05) is 0 Å². The van der Waals surface area contributed by atoms with Crippen LogP contribution in [0.2, 0.25) is 0 Å². The van der Waals surface area contributed by atoms with Gasteiger partial charge in [-0.05, 0) is 49.7 Å². The zero-order valence-corrected chi connectivity index (χ0v) is 14.9. The molecule has 0 unspecified atom stereocenters. The van der Waals surface area contributed by atoms with Crippen molar-refractivity contribution in [2.45, 2.75) is 59.3 Å². The number of aromatic nitrogens is 3. The van der Waals surface area contributed by atoms with E-state index in [1.54, 1.807) is 6.92 Å². The minimum absolute atomic E-state index is 0.191. The van der Waals surface area contributed by atoms with Crippen molar-refractivity contribution in [2.24, 2.45) is 11.1 Å². The first-order chi connectivity index (χ1) is 11.1. The molecule has 0 spiro atoms. The molecule has 0 fully saturated rings. The summed E-state index contributed by atoms with van der Waals surface area (Å²) in [6.07, 6.45) is 2.89. The lowest BCUT2D eigenvalue weighted by atomic mass is 9.74. The van der Waals surface area contributed by atoms with Gasteiger partial charge in [0.05, 0.1) is 5.41 Å². The number of primary amides is 1. The van der Waals surface area contributed by atoms with Crippen LogP contribution in [-0.4, -0.2) is 21.0 Å². The standard InChI is InChI=1S/C18H24N4O2/c1-10-20-16(22-24-10)18(4,5)12-8-11-6-7-17(2,3)9-13(11)21-14(12)15(19)23/h8H,6-7,9H2,1-5H3,(H2,19,23). The predicted molar refractivity (Wildman–Crippen MR) is 89.7 cm³/mol. The van der Waals surface area contributed by atoms with E-state index in [1.165, 1.54) is 5.56 Å². The summed E-state index contributed by atoms with van der Waals surface area (Å²) in [6.45, 7) is 10.1. The highest BCUT2D eigenvalue weighted by molar-refractivity contribution is 5.93. The maximum Gasteiger partial charge on any atom is 0.267 e. The van der Waals surface area contributed by atoms with Crippen molar-refractivity contribution < 1.29 is 9.32 Å². The Kier molecular flexibility index (Phi) is 3.73. The van der Waals surface area contributed by atoms with E-state index in [0.29, 0.717) is 17.4 Å². The summed E-state index contributed by atoms with van der Waals surface area (Å²) in [6, 6.07) is 2.06. The first-order valence-corrected chi connectivity index (χ1v) is 8.24. The van der Waals surface area contributed by atoms with Crippen molar-refractivity contribution in [3.8, 4) is 0 Å². The van der Waals surface area contributed by atoms with Crippen LogP contribution in [-0.2, 0) is 18.3 Å². The number of nitrogens with zero attached hydrogens (tertiary/aromatic N) is 3. The second-order valence-electron chi connectivity index (χ2n) is 7.96. The Morgan fingerprint density at radius 3 is 2.62 bits per heavy atom. The van der Waals surface area contributed by atoms with Crippen LogP contribution in [0.5, 0.6) is 0 Å². The van der Waals surface area contributed by atoms with Crippen LogP contribution in [0.3, 0.4) is 0 Å². The highest BCUT2D eigenvalue weighted by Crippen LogP contribution is 2.38. The third-order valence-electron chi connectivity index (χ3n) is 4.90. The normalized spacial score (nSPS) is 16.7. The molecule has 0 radical (unpaired) electrons. The maximum absolute atomic E-state index is 12.0. The lowest BCUT2D eigenvalue weighted by Gasteiger charge is -2.32. The van der Waals surface area contributed by atoms with Crippen molar-refractivity contribution >= 4 is 5.91 Å². The lowest BCUT2D eigenvalue weighted by Crippen LogP contribution is -2.31. The Labute approximate surface area is 141 Å². The van der Waals surface area contributed by atoms with Crippen molar-refractivity contribution in [1.29, 1.82) is 0 Å². The molecule has 0 saturated heterocycles. The van der Waals surface area contributed by atoms with Gasteiger partial charge in [0.1, 0.15) is 5.69 Å². The van der Waals surface area contributed by atoms with Gasteiger partial charge in [-0.25, -0.2) is 4.98 Å². The summed E-state index contributed by atoms with van der Waals surface area (Å²) in [5.74, 6) is 0.497. The highest BCUT2D eigenvalue weighted by atomic mass is 16.5. The zero-order chi connectivity index (χ0) is 17.7. The number of hydrogen-bond acceptors (Lipinski definition) is 5. The van der Waals surface area contributed by atoms with Crippen LogP contribution >= 0.6 is 0 Å². The number of aryl methyl sites for hydroxylation is 2. The van der Waals surface area contributed by atoms with Gasteiger partial charge >= 0.3 is 0 Å². The lowest BCUT2D eigenvalue weighted by molar-refractivity contribution is 0.0992. The van der Waals surface area contributed by atoms with E-state index in [9.17, 15) is 4.79 Å². The van der Waals surface area contributed by atoms with Crippen LogP contribution < -0.4 is 5.73 Å². The van der Waals surface area contributed by atoms with E-state index in [2.05, 4.69) is 35.0 Å². The molecular formula is C18H24N4O2. The van der Waals surface area contributed by atoms with E-state index in [0.717, 1.165) is 30.5 Å². The Hall–Kier alpha value is -2.24. The van der Waals surface area contributed by atoms with Crippen molar-refractivity contribution in [1.82, 2.24) is 15.1 Å². The monoisotopic (exact) mass is 328 g/mol. The predicted octanol–water partition coefficient (Wildman–Crippen LogP) is 2.71. The van der Waals surface area contributed by atoms with Gasteiger partial charge in [-0.3, -0.25) is 4.79 Å². The van der Waals surface area contributed by atoms with Gasteiger partial charge in [-0.2, -0.15) is 4.98 Å². The molecular weight excluding hydrogens is 304 g/mol. The Morgan fingerprint density at radius 1 is 1.33 bits per heavy atom. The van der Waals surface area contributed by atoms with E-state index in [4.69, 9.17) is 10.3 Å². The molecule has 0 bridgehead atoms. The summed E-state index contributed by atoms with van der Waals surface area (Å²) in [5, 5.41) is 4.03. The van der Waals surface area contributed by atoms with Crippen LogP contribution in [0.4, 0.5) is 0 Å². The molecule has 2 aromatic heterocycles. The molecule has 24 heavy (non-hydrogen) atoms. The Balaban J connectivity index is 2.16. The van der Waals surface area contributed by atoms with Crippen LogP contribution in [0.1, 0.15) is 73.1 Å². The minimum atomic E-state index is -0.614. The molecule has 6 heteroatoms. The fourth-order valence-electron chi connectivity index (χ4n) is 3.31. The summed E-state index contributed by atoms with van der Waals surface area (Å²) in [5.41, 5.74) is 8.43. The fraction of sp³-hybridized carbons (Fsp3) is 0.556. The number of hydrogen-bond donors (Lipinski definition) is 1. The average molecular weight is 328 g/mol. The molecule has 2 N–H and O–H groups in total. The van der Waals surface area contributed by atoms with Gasteiger partial charge < -0.3 is 10.3 Å². The van der Waals surface area contributed by atoms with Crippen LogP contribution in [0.25, 0.3) is 0 Å². The largest absolute Gasteiger partial charge is 0.364 e. The van der Waals surface area contributed by atoms with Gasteiger partial charge in [0, 0.05) is 12.6 Å². The van der Waals surface area contributed by atoms with E-state index >= 15 is 0 Å². The number of rotatable bonds is 3. The van der Waals surface area contributed by atoms with Gasteiger partial charge in [-0.1, -0.05) is 25.1 Å². The van der Waals surface area contributed by atoms with E-state index in [1.807, 2.05) is 13.8 Å². The van der Waals surface area contributed by atoms with Crippen molar-refractivity contribution in [3.63, 3.8) is 0 Å². The second kappa shape index (κ2) is 5.40. The molecule has 3 rings (SSSR count). The fourth-order valence-corrected chi connectivity index (χ4v) is 3.31. The number of fused-ring (bicyclic) bond motifs is 1. The summed E-state index contributed by atoms with van der Waals surface area (Å²) in [4.78, 5) is 21.0. The molecule has 1 amide bonds. The van der Waals surface area contributed by atoms with Crippen molar-refractivity contribution in [3.05, 3.63) is 40.3 Å². The van der Waals surface area contributed by atoms with Crippen LogP contribution in [0, 0.1) is 12.3 Å². The summed E-state index contributed by atoms with van der Waals surface area (Å²) >= 11 is 0. The third-order valence-corrected chi connectivity index (χ3v) is 4.90. The highest BCUT2D eigenvalue weighted by Gasteiger charge is 2.35. The Bertz CT molecular complexity index is 805. The zero-order valence-electron chi connectivity index (χ0n) is 14.9. The second-order valence-corrected chi connectivity index (χ2v) is 7.96. The molecule has 0 atom stereocenters. The maximum atomic E-state index is 12.0. The number of nitrogens with two attached hydrogens (primary N) is 1. The molecule has 0 aliphatic heterocycles. The first kappa shape index (κ1) is 16.6. The number of carbonyl (C=O) groups excluding carboxylic acids is 1. The van der Waals surface area contributed by atoms with Crippen LogP contribution in [0.15, 0.2) is 10.6 Å². The average Bonchev–Trinajstić information content (AvgIpc) is 2.92. The smallest absolute Gasteiger partial charge is 0.267 e. The quantitative estimate of drug-likeness (QED) is 0.934. The van der Waals surface area contributed by atoms with Gasteiger partial charge in [0.15, 0.2) is 5.82 Å². The molecule has 1 aliphatic carbocycles. The molecule has 0 aromatic carbocycles. The van der Waals surface area contributed by atoms with E-state index in [-0.39, 0.29) is 5.41 Å². The minimum Gasteiger partial charge on any atom is -0.364 e. The third kappa shape index (κ3) is 2.81. The Morgan fingerprint density at radius 2 is 2.04 bits per heavy atom. The molecule has 128 valence electrons. The SMILES string of the molecule is Cc1nc(C(C)(C)c2cc3c(nc2C(N)=O)CC(C)(C)CC3)no1. The molecule has 1 aliphatic rings. The molecule has 2 heterocycles. The molecule has 2 aromatic rings. The number of carbonyl (C=O) groups is 1. The number of pyridine rings is 1. The summed E-state index contributed by atoms with van der Waals surface area (Å²) in [7, 11) is 0. The molecule has 0 saturated carbocycles. The summed E-state index contributed by atoms with van der Waals surface area (Å²) < 4.78 is 5.11.